The minimum Gasteiger partial charge on any atom is -0.378 e. The van der Waals surface area contributed by atoms with Gasteiger partial charge < -0.3 is 15.0 Å². The Morgan fingerprint density at radius 3 is 2.50 bits per heavy atom. The molecular weight excluding hydrogens is 380 g/mol. The molecule has 3 rings (SSSR count). The lowest BCUT2D eigenvalue weighted by molar-refractivity contribution is -0.384. The number of nitrogens with zero attached hydrogens (tertiary/aromatic N) is 2. The molecule has 146 valence electrons. The molecule has 0 saturated carbocycles. The van der Waals surface area contributed by atoms with Crippen LogP contribution in [0.5, 0.6) is 0 Å². The third-order valence-corrected chi connectivity index (χ3v) is 4.53. The van der Waals surface area contributed by atoms with E-state index >= 15 is 0 Å². The monoisotopic (exact) mass is 400 g/mol. The van der Waals surface area contributed by atoms with Crippen molar-refractivity contribution in [1.29, 1.82) is 0 Å². The van der Waals surface area contributed by atoms with E-state index in [0.717, 1.165) is 5.56 Å². The number of ether oxygens (including phenoxy) is 1. The fourth-order valence-electron chi connectivity index (χ4n) is 2.86. The number of rotatable bonds is 4. The zero-order valence-electron chi connectivity index (χ0n) is 15.3. The molecule has 1 saturated heterocycles. The second-order valence-electron chi connectivity index (χ2n) is 6.33. The Bertz CT molecular complexity index is 895. The summed E-state index contributed by atoms with van der Waals surface area (Å²) in [7, 11) is 0. The average molecular weight is 400 g/mol. The predicted octanol–water partition coefficient (Wildman–Crippen LogP) is 2.87. The van der Waals surface area contributed by atoms with Crippen molar-refractivity contribution in [2.75, 3.05) is 36.5 Å². The number of anilines is 2. The standard InChI is InChI=1S/C19H20N4O4S/c1-13-2-4-14(5-3-13)18(24)21-19(28)20-15-6-7-16(17(12-15)23(25)26)22-8-10-27-11-9-22/h2-7,12H,8-11H2,1H3,(H2,20,21,24,28). The van der Waals surface area contributed by atoms with E-state index in [0.29, 0.717) is 43.2 Å². The number of nitro groups is 1. The molecule has 1 aliphatic heterocycles. The summed E-state index contributed by atoms with van der Waals surface area (Å²) in [4.78, 5) is 25.2. The van der Waals surface area contributed by atoms with E-state index < -0.39 is 4.92 Å². The predicted molar refractivity (Wildman–Crippen MR) is 111 cm³/mol. The van der Waals surface area contributed by atoms with Crippen LogP contribution >= 0.6 is 12.2 Å². The normalized spacial score (nSPS) is 13.7. The molecule has 0 atom stereocenters. The molecule has 1 heterocycles. The maximum absolute atomic E-state index is 12.2. The fourth-order valence-corrected chi connectivity index (χ4v) is 3.07. The molecular formula is C19H20N4O4S. The van der Waals surface area contributed by atoms with Crippen molar-refractivity contribution in [3.63, 3.8) is 0 Å². The van der Waals surface area contributed by atoms with E-state index in [1.807, 2.05) is 24.0 Å². The van der Waals surface area contributed by atoms with Crippen molar-refractivity contribution >= 4 is 40.3 Å². The lowest BCUT2D eigenvalue weighted by atomic mass is 10.1. The molecule has 1 amide bonds. The van der Waals surface area contributed by atoms with Crippen LogP contribution in [0.25, 0.3) is 0 Å². The van der Waals surface area contributed by atoms with Crippen molar-refractivity contribution in [3.05, 3.63) is 63.7 Å². The molecule has 0 bridgehead atoms. The second-order valence-corrected chi connectivity index (χ2v) is 6.74. The number of benzene rings is 2. The molecule has 1 fully saturated rings. The first-order chi connectivity index (χ1) is 13.4. The maximum Gasteiger partial charge on any atom is 0.294 e. The van der Waals surface area contributed by atoms with Gasteiger partial charge in [-0.1, -0.05) is 17.7 Å². The summed E-state index contributed by atoms with van der Waals surface area (Å²) in [5.41, 5.74) is 2.46. The number of aryl methyl sites for hydroxylation is 1. The van der Waals surface area contributed by atoms with E-state index in [1.54, 1.807) is 24.3 Å². The van der Waals surface area contributed by atoms with Gasteiger partial charge in [0.15, 0.2) is 5.11 Å². The summed E-state index contributed by atoms with van der Waals surface area (Å²) in [6.45, 7) is 4.19. The van der Waals surface area contributed by atoms with E-state index in [-0.39, 0.29) is 16.7 Å². The molecule has 8 nitrogen and oxygen atoms in total. The largest absolute Gasteiger partial charge is 0.378 e. The van der Waals surface area contributed by atoms with Gasteiger partial charge in [0.25, 0.3) is 11.6 Å². The van der Waals surface area contributed by atoms with Gasteiger partial charge in [0, 0.05) is 30.4 Å². The Kier molecular flexibility index (Phi) is 6.17. The Hall–Kier alpha value is -3.04. The number of nitro benzene ring substituents is 1. The highest BCUT2D eigenvalue weighted by Crippen LogP contribution is 2.31. The van der Waals surface area contributed by atoms with Crippen molar-refractivity contribution in [2.45, 2.75) is 6.92 Å². The summed E-state index contributed by atoms with van der Waals surface area (Å²) in [5.74, 6) is -0.350. The highest BCUT2D eigenvalue weighted by Gasteiger charge is 2.22. The van der Waals surface area contributed by atoms with Gasteiger partial charge in [-0.15, -0.1) is 0 Å². The number of hydrogen-bond acceptors (Lipinski definition) is 6. The molecule has 0 spiro atoms. The van der Waals surface area contributed by atoms with Gasteiger partial charge >= 0.3 is 0 Å². The van der Waals surface area contributed by atoms with Gasteiger partial charge in [0.1, 0.15) is 5.69 Å². The number of nitrogens with one attached hydrogen (secondary N) is 2. The summed E-state index contributed by atoms with van der Waals surface area (Å²) in [6.07, 6.45) is 0. The van der Waals surface area contributed by atoms with Crippen LogP contribution in [0.15, 0.2) is 42.5 Å². The quantitative estimate of drug-likeness (QED) is 0.463. The molecule has 2 aromatic rings. The van der Waals surface area contributed by atoms with Crippen LogP contribution in [-0.2, 0) is 4.74 Å². The third-order valence-electron chi connectivity index (χ3n) is 4.32. The van der Waals surface area contributed by atoms with Crippen LogP contribution in [0, 0.1) is 17.0 Å². The highest BCUT2D eigenvalue weighted by atomic mass is 32.1. The number of morpholine rings is 1. The summed E-state index contributed by atoms with van der Waals surface area (Å²) in [5, 5.41) is 17.0. The van der Waals surface area contributed by atoms with Gasteiger partial charge in [-0.3, -0.25) is 20.2 Å². The smallest absolute Gasteiger partial charge is 0.294 e. The summed E-state index contributed by atoms with van der Waals surface area (Å²) in [6, 6.07) is 11.9. The summed E-state index contributed by atoms with van der Waals surface area (Å²) < 4.78 is 5.30. The number of amides is 1. The molecule has 2 aromatic carbocycles. The Morgan fingerprint density at radius 2 is 1.86 bits per heavy atom. The van der Waals surface area contributed by atoms with Crippen molar-refractivity contribution in [1.82, 2.24) is 5.32 Å². The first-order valence-electron chi connectivity index (χ1n) is 8.74. The number of carbonyl (C=O) groups excluding carboxylic acids is 1. The zero-order chi connectivity index (χ0) is 20.1. The minimum absolute atomic E-state index is 0.0282. The highest BCUT2D eigenvalue weighted by molar-refractivity contribution is 7.80. The molecule has 0 aliphatic carbocycles. The van der Waals surface area contributed by atoms with Crippen LogP contribution in [0.1, 0.15) is 15.9 Å². The van der Waals surface area contributed by atoms with E-state index in [2.05, 4.69) is 10.6 Å². The van der Waals surface area contributed by atoms with Gasteiger partial charge in [-0.05, 0) is 43.4 Å². The molecule has 0 unspecified atom stereocenters. The molecule has 1 aliphatic rings. The van der Waals surface area contributed by atoms with Crippen LogP contribution in [0.2, 0.25) is 0 Å². The molecule has 28 heavy (non-hydrogen) atoms. The van der Waals surface area contributed by atoms with Crippen LogP contribution < -0.4 is 15.5 Å². The van der Waals surface area contributed by atoms with Crippen LogP contribution in [0.4, 0.5) is 17.1 Å². The van der Waals surface area contributed by atoms with Crippen molar-refractivity contribution in [2.24, 2.45) is 0 Å². The molecule has 0 aromatic heterocycles. The maximum atomic E-state index is 12.2. The third kappa shape index (κ3) is 4.81. The fraction of sp³-hybridized carbons (Fsp3) is 0.263. The number of hydrogen-bond donors (Lipinski definition) is 2. The topological polar surface area (TPSA) is 96.7 Å². The molecule has 9 heteroatoms. The minimum atomic E-state index is -0.427. The van der Waals surface area contributed by atoms with Gasteiger partial charge in [0.05, 0.1) is 18.1 Å². The Morgan fingerprint density at radius 1 is 1.18 bits per heavy atom. The lowest BCUT2D eigenvalue weighted by Gasteiger charge is -2.28. The zero-order valence-corrected chi connectivity index (χ0v) is 16.1. The van der Waals surface area contributed by atoms with E-state index in [9.17, 15) is 14.9 Å². The average Bonchev–Trinajstić information content (AvgIpc) is 2.69. The van der Waals surface area contributed by atoms with E-state index in [4.69, 9.17) is 17.0 Å². The number of thiocarbonyl (C=S) groups is 1. The summed E-state index contributed by atoms with van der Waals surface area (Å²) >= 11 is 5.17. The van der Waals surface area contributed by atoms with Crippen LogP contribution in [-0.4, -0.2) is 42.2 Å². The van der Waals surface area contributed by atoms with Gasteiger partial charge in [-0.25, -0.2) is 0 Å². The van der Waals surface area contributed by atoms with Crippen LogP contribution in [0.3, 0.4) is 0 Å². The molecule has 2 N–H and O–H groups in total. The second kappa shape index (κ2) is 8.77. The van der Waals surface area contributed by atoms with E-state index in [1.165, 1.54) is 6.07 Å². The first kappa shape index (κ1) is 19.7. The first-order valence-corrected chi connectivity index (χ1v) is 9.15. The van der Waals surface area contributed by atoms with Crippen molar-refractivity contribution in [3.8, 4) is 0 Å². The Balaban J connectivity index is 1.70. The molecule has 0 radical (unpaired) electrons. The SMILES string of the molecule is Cc1ccc(C(=O)NC(=S)Nc2ccc(N3CCOCC3)c([N+](=O)[O-])c2)cc1. The van der Waals surface area contributed by atoms with Crippen molar-refractivity contribution < 1.29 is 14.5 Å². The Labute approximate surface area is 167 Å². The van der Waals surface area contributed by atoms with Gasteiger partial charge in [-0.2, -0.15) is 0 Å². The lowest BCUT2D eigenvalue weighted by Crippen LogP contribution is -2.36. The van der Waals surface area contributed by atoms with Gasteiger partial charge in [0.2, 0.25) is 0 Å². The number of carbonyl (C=O) groups is 1.